The summed E-state index contributed by atoms with van der Waals surface area (Å²) in [5.41, 5.74) is 0.586. The molecule has 2 aromatic carbocycles. The number of aliphatic imine (C=N–C) groups is 1. The predicted octanol–water partition coefficient (Wildman–Crippen LogP) is 6.58. The maximum Gasteiger partial charge on any atom is 0.264 e. The molecule has 2 heterocycles. The van der Waals surface area contributed by atoms with Crippen molar-refractivity contribution in [1.29, 1.82) is 0 Å². The Morgan fingerprint density at radius 1 is 1.04 bits per heavy atom. The van der Waals surface area contributed by atoms with Crippen LogP contribution in [0.4, 0.5) is 10.1 Å². The number of hydrogen-bond acceptors (Lipinski definition) is 5. The summed E-state index contributed by atoms with van der Waals surface area (Å²) in [5, 5.41) is 3.93. The van der Waals surface area contributed by atoms with Crippen LogP contribution in [-0.4, -0.2) is 11.1 Å². The summed E-state index contributed by atoms with van der Waals surface area (Å²) in [6.45, 7) is 0. The summed E-state index contributed by atoms with van der Waals surface area (Å²) in [4.78, 5) is 19.2. The molecular formula is C20H12ClFN2OS3. The molecule has 140 valence electrons. The van der Waals surface area contributed by atoms with E-state index in [-0.39, 0.29) is 11.7 Å². The Morgan fingerprint density at radius 3 is 2.54 bits per heavy atom. The van der Waals surface area contributed by atoms with Gasteiger partial charge in [-0.2, -0.15) is 0 Å². The van der Waals surface area contributed by atoms with Crippen molar-refractivity contribution in [3.63, 3.8) is 0 Å². The van der Waals surface area contributed by atoms with E-state index in [0.29, 0.717) is 20.8 Å². The highest BCUT2D eigenvalue weighted by atomic mass is 35.5. The lowest BCUT2D eigenvalue weighted by Crippen LogP contribution is -2.19. The number of rotatable bonds is 4. The predicted molar refractivity (Wildman–Crippen MR) is 117 cm³/mol. The van der Waals surface area contributed by atoms with E-state index in [2.05, 4.69) is 10.3 Å². The lowest BCUT2D eigenvalue weighted by Gasteiger charge is -1.97. The zero-order chi connectivity index (χ0) is 19.5. The van der Waals surface area contributed by atoms with Crippen LogP contribution in [0.5, 0.6) is 0 Å². The monoisotopic (exact) mass is 446 g/mol. The number of amidine groups is 1. The summed E-state index contributed by atoms with van der Waals surface area (Å²) in [5.74, 6) is -0.510. The van der Waals surface area contributed by atoms with Crippen LogP contribution in [0.1, 0.15) is 4.88 Å². The standard InChI is InChI=1S/C20H12ClFN2OS3/c21-12-1-7-15(8-2-12)26-18-10-9-16(27-18)11-17-19(25)24-20(28-17)23-14-5-3-13(22)4-6-14/h1-11H,(H,23,24,25)/b17-11-. The normalized spacial score (nSPS) is 16.7. The smallest absolute Gasteiger partial charge is 0.264 e. The Hall–Kier alpha value is -2.06. The second-order valence-corrected chi connectivity index (χ2v) is 9.63. The Bertz CT molecular complexity index is 1080. The minimum absolute atomic E-state index is 0.189. The molecule has 1 fully saturated rings. The van der Waals surface area contributed by atoms with Crippen molar-refractivity contribution in [2.24, 2.45) is 4.99 Å². The quantitative estimate of drug-likeness (QED) is 0.460. The van der Waals surface area contributed by atoms with Crippen LogP contribution in [0.2, 0.25) is 5.02 Å². The highest BCUT2D eigenvalue weighted by Crippen LogP contribution is 2.36. The number of thiophene rings is 1. The Kier molecular flexibility index (Phi) is 5.87. The second kappa shape index (κ2) is 8.53. The molecule has 1 aromatic heterocycles. The maximum absolute atomic E-state index is 13.0. The van der Waals surface area contributed by atoms with Gasteiger partial charge in [0.15, 0.2) is 5.17 Å². The van der Waals surface area contributed by atoms with Crippen LogP contribution >= 0.6 is 46.5 Å². The zero-order valence-electron chi connectivity index (χ0n) is 14.2. The van der Waals surface area contributed by atoms with Gasteiger partial charge in [-0.1, -0.05) is 23.4 Å². The van der Waals surface area contributed by atoms with E-state index < -0.39 is 0 Å². The number of halogens is 2. The van der Waals surface area contributed by atoms with Crippen molar-refractivity contribution in [2.75, 3.05) is 0 Å². The second-order valence-electron chi connectivity index (χ2n) is 5.67. The summed E-state index contributed by atoms with van der Waals surface area (Å²) in [7, 11) is 0. The molecule has 8 heteroatoms. The fourth-order valence-electron chi connectivity index (χ4n) is 2.33. The molecule has 1 aliphatic rings. The van der Waals surface area contributed by atoms with Crippen molar-refractivity contribution in [2.45, 2.75) is 9.10 Å². The van der Waals surface area contributed by atoms with Crippen LogP contribution in [0.3, 0.4) is 0 Å². The van der Waals surface area contributed by atoms with Gasteiger partial charge in [0.1, 0.15) is 5.82 Å². The zero-order valence-corrected chi connectivity index (χ0v) is 17.4. The summed E-state index contributed by atoms with van der Waals surface area (Å²) in [6.07, 6.45) is 1.85. The van der Waals surface area contributed by atoms with Crippen molar-refractivity contribution in [1.82, 2.24) is 5.32 Å². The number of nitrogens with one attached hydrogen (secondary N) is 1. The van der Waals surface area contributed by atoms with Gasteiger partial charge in [0.2, 0.25) is 0 Å². The third-order valence-electron chi connectivity index (χ3n) is 3.62. The first-order valence-corrected chi connectivity index (χ1v) is 11.0. The van der Waals surface area contributed by atoms with Crippen LogP contribution in [0.15, 0.2) is 79.7 Å². The minimum Gasteiger partial charge on any atom is -0.300 e. The van der Waals surface area contributed by atoms with E-state index in [0.717, 1.165) is 14.0 Å². The Labute approximate surface area is 178 Å². The number of thioether (sulfide) groups is 1. The highest BCUT2D eigenvalue weighted by Gasteiger charge is 2.24. The van der Waals surface area contributed by atoms with Gasteiger partial charge in [0.05, 0.1) is 14.8 Å². The average molecular weight is 447 g/mol. The van der Waals surface area contributed by atoms with Crippen LogP contribution in [0.25, 0.3) is 6.08 Å². The molecule has 0 spiro atoms. The third kappa shape index (κ3) is 4.86. The molecule has 0 atom stereocenters. The Balaban J connectivity index is 1.47. The van der Waals surface area contributed by atoms with E-state index >= 15 is 0 Å². The van der Waals surface area contributed by atoms with Gasteiger partial charge in [0.25, 0.3) is 5.91 Å². The molecule has 3 aromatic rings. The van der Waals surface area contributed by atoms with Crippen LogP contribution < -0.4 is 5.32 Å². The molecule has 0 aliphatic carbocycles. The summed E-state index contributed by atoms with van der Waals surface area (Å²) < 4.78 is 14.1. The summed E-state index contributed by atoms with van der Waals surface area (Å²) in [6, 6.07) is 17.5. The molecule has 3 nitrogen and oxygen atoms in total. The fourth-order valence-corrected chi connectivity index (χ4v) is 5.43. The number of benzene rings is 2. The Morgan fingerprint density at radius 2 is 1.79 bits per heavy atom. The van der Waals surface area contributed by atoms with Gasteiger partial charge in [-0.3, -0.25) is 4.79 Å². The molecule has 0 saturated carbocycles. The number of carbonyl (C=O) groups is 1. The van der Waals surface area contributed by atoms with Crippen LogP contribution in [-0.2, 0) is 4.79 Å². The van der Waals surface area contributed by atoms with Crippen molar-refractivity contribution >= 4 is 69.3 Å². The van der Waals surface area contributed by atoms with E-state index in [1.165, 1.54) is 23.9 Å². The molecule has 28 heavy (non-hydrogen) atoms. The fraction of sp³-hybridized carbons (Fsp3) is 0. The van der Waals surface area contributed by atoms with Gasteiger partial charge in [-0.15, -0.1) is 11.3 Å². The minimum atomic E-state index is -0.322. The van der Waals surface area contributed by atoms with Gasteiger partial charge < -0.3 is 5.32 Å². The van der Waals surface area contributed by atoms with Crippen molar-refractivity contribution in [3.05, 3.63) is 81.3 Å². The molecule has 1 saturated heterocycles. The number of hydrogen-bond donors (Lipinski definition) is 1. The van der Waals surface area contributed by atoms with E-state index in [1.54, 1.807) is 35.2 Å². The highest BCUT2D eigenvalue weighted by molar-refractivity contribution is 8.18. The average Bonchev–Trinajstić information content (AvgIpc) is 3.26. The molecule has 0 bridgehead atoms. The molecule has 1 N–H and O–H groups in total. The molecule has 1 amide bonds. The van der Waals surface area contributed by atoms with Gasteiger partial charge in [-0.05, 0) is 78.5 Å². The molecule has 0 unspecified atom stereocenters. The maximum atomic E-state index is 13.0. The number of amides is 1. The van der Waals surface area contributed by atoms with Gasteiger partial charge in [0, 0.05) is 14.8 Å². The molecule has 0 radical (unpaired) electrons. The van der Waals surface area contributed by atoms with E-state index in [4.69, 9.17) is 11.6 Å². The number of nitrogens with zero attached hydrogens (tertiary/aromatic N) is 1. The van der Waals surface area contributed by atoms with Crippen molar-refractivity contribution in [3.8, 4) is 0 Å². The lowest BCUT2D eigenvalue weighted by atomic mass is 10.3. The molecule has 1 aliphatic heterocycles. The molecule has 4 rings (SSSR count). The summed E-state index contributed by atoms with van der Waals surface area (Å²) >= 11 is 10.4. The molecular weight excluding hydrogens is 435 g/mol. The van der Waals surface area contributed by atoms with Gasteiger partial charge >= 0.3 is 0 Å². The number of carbonyl (C=O) groups excluding carboxylic acids is 1. The first-order valence-electron chi connectivity index (χ1n) is 8.13. The van der Waals surface area contributed by atoms with Crippen molar-refractivity contribution < 1.29 is 9.18 Å². The van der Waals surface area contributed by atoms with Gasteiger partial charge in [-0.25, -0.2) is 9.38 Å². The first kappa shape index (κ1) is 19.3. The SMILES string of the molecule is O=C1NC(=Nc2ccc(F)cc2)S/C1=C\c1ccc(Sc2ccc(Cl)cc2)s1. The third-order valence-corrected chi connectivity index (χ3v) is 6.95. The van der Waals surface area contributed by atoms with Crippen LogP contribution in [0, 0.1) is 5.82 Å². The van der Waals surface area contributed by atoms with E-state index in [1.807, 2.05) is 42.5 Å². The van der Waals surface area contributed by atoms with E-state index in [9.17, 15) is 9.18 Å². The first-order chi connectivity index (χ1) is 13.5. The topological polar surface area (TPSA) is 41.5 Å². The largest absolute Gasteiger partial charge is 0.300 e. The lowest BCUT2D eigenvalue weighted by molar-refractivity contribution is -0.115.